The van der Waals surface area contributed by atoms with Crippen LogP contribution in [0.1, 0.15) is 22.8 Å². The summed E-state index contributed by atoms with van der Waals surface area (Å²) < 4.78 is 23.7. The number of hydrogen-bond acceptors (Lipinski definition) is 6. The maximum Gasteiger partial charge on any atom is 0.263 e. The van der Waals surface area contributed by atoms with Crippen LogP contribution in [0.2, 0.25) is 0 Å². The summed E-state index contributed by atoms with van der Waals surface area (Å²) in [6.07, 6.45) is 1.98. The molecule has 0 radical (unpaired) electrons. The average molecular weight is 381 g/mol. The Kier molecular flexibility index (Phi) is 4.71. The van der Waals surface area contributed by atoms with Gasteiger partial charge in [0.15, 0.2) is 5.76 Å². The first-order valence-corrected chi connectivity index (χ1v) is 8.52. The van der Waals surface area contributed by atoms with Crippen molar-refractivity contribution in [3.8, 4) is 11.7 Å². The summed E-state index contributed by atoms with van der Waals surface area (Å²) in [4.78, 5) is 20.8. The molecule has 4 aromatic rings. The molecule has 1 aromatic carbocycles. The van der Waals surface area contributed by atoms with E-state index in [0.717, 1.165) is 5.56 Å². The van der Waals surface area contributed by atoms with Crippen LogP contribution in [0.3, 0.4) is 0 Å². The fourth-order valence-electron chi connectivity index (χ4n) is 2.64. The van der Waals surface area contributed by atoms with Gasteiger partial charge in [-0.25, -0.2) is 9.37 Å². The fraction of sp³-hybridized carbons (Fsp3) is 0.158. The van der Waals surface area contributed by atoms with Gasteiger partial charge in [0.2, 0.25) is 11.9 Å². The molecule has 0 aliphatic carbocycles. The number of oxazole rings is 1. The Morgan fingerprint density at radius 3 is 2.79 bits per heavy atom. The normalized spacial score (nSPS) is 10.9. The highest BCUT2D eigenvalue weighted by Gasteiger charge is 2.17. The van der Waals surface area contributed by atoms with Crippen molar-refractivity contribution in [1.29, 1.82) is 0 Å². The molecule has 2 N–H and O–H groups in total. The Labute approximate surface area is 158 Å². The maximum absolute atomic E-state index is 13.0. The second kappa shape index (κ2) is 7.47. The first-order valence-electron chi connectivity index (χ1n) is 8.52. The number of rotatable bonds is 6. The molecule has 0 fully saturated rings. The van der Waals surface area contributed by atoms with Gasteiger partial charge < -0.3 is 8.83 Å². The molecule has 8 nitrogen and oxygen atoms in total. The highest BCUT2D eigenvalue weighted by atomic mass is 19.1. The van der Waals surface area contributed by atoms with E-state index in [1.807, 2.05) is 0 Å². The number of furan rings is 1. The summed E-state index contributed by atoms with van der Waals surface area (Å²) in [6, 6.07) is 9.55. The zero-order valence-electron chi connectivity index (χ0n) is 14.9. The molecule has 1 amide bonds. The minimum atomic E-state index is -0.324. The Hall–Kier alpha value is -3.75. The van der Waals surface area contributed by atoms with Crippen molar-refractivity contribution in [1.82, 2.24) is 20.2 Å². The number of aromatic nitrogens is 4. The predicted octanol–water partition coefficient (Wildman–Crippen LogP) is 3.27. The number of anilines is 1. The number of nitrogens with zero attached hydrogens (tertiary/aromatic N) is 3. The van der Waals surface area contributed by atoms with Crippen LogP contribution in [-0.4, -0.2) is 26.1 Å². The zero-order valence-corrected chi connectivity index (χ0v) is 14.9. The first kappa shape index (κ1) is 17.7. The lowest BCUT2D eigenvalue weighted by Crippen LogP contribution is -2.16. The smallest absolute Gasteiger partial charge is 0.263 e. The van der Waals surface area contributed by atoms with Crippen LogP contribution in [0.5, 0.6) is 0 Å². The Bertz CT molecular complexity index is 1080. The van der Waals surface area contributed by atoms with Crippen molar-refractivity contribution in [2.24, 2.45) is 0 Å². The van der Waals surface area contributed by atoms with Crippen LogP contribution in [0.15, 0.2) is 51.5 Å². The number of hydrogen-bond donors (Lipinski definition) is 2. The molecule has 0 saturated heterocycles. The van der Waals surface area contributed by atoms with Gasteiger partial charge in [0, 0.05) is 6.42 Å². The van der Waals surface area contributed by atoms with E-state index in [9.17, 15) is 9.18 Å². The molecule has 0 aliphatic rings. The largest absolute Gasteiger partial charge is 0.459 e. The van der Waals surface area contributed by atoms with E-state index >= 15 is 0 Å². The molecule has 0 bridgehead atoms. The lowest BCUT2D eigenvalue weighted by Gasteiger charge is -1.99. The van der Waals surface area contributed by atoms with Crippen LogP contribution in [-0.2, 0) is 17.6 Å². The quantitative estimate of drug-likeness (QED) is 0.530. The van der Waals surface area contributed by atoms with E-state index in [0.29, 0.717) is 35.4 Å². The van der Waals surface area contributed by atoms with Crippen molar-refractivity contribution in [2.75, 3.05) is 5.32 Å². The van der Waals surface area contributed by atoms with Gasteiger partial charge in [-0.1, -0.05) is 12.1 Å². The number of nitrogens with one attached hydrogen (secondary N) is 2. The second-order valence-corrected chi connectivity index (χ2v) is 6.13. The number of aryl methyl sites for hydroxylation is 1. The first-order chi connectivity index (χ1) is 13.6. The van der Waals surface area contributed by atoms with Gasteiger partial charge in [-0.15, -0.1) is 5.10 Å². The molecule has 0 saturated carbocycles. The van der Waals surface area contributed by atoms with Gasteiger partial charge in [-0.3, -0.25) is 15.2 Å². The highest BCUT2D eigenvalue weighted by Crippen LogP contribution is 2.22. The maximum atomic E-state index is 13.0. The number of carbonyl (C=O) groups excluding carboxylic acids is 1. The SMILES string of the molecule is Cc1oc(-c2ccco2)nc1CC(=O)Nc1n[nH]c(Cc2ccc(F)cc2)n1. The molecule has 4 rings (SSSR count). The van der Waals surface area contributed by atoms with E-state index in [4.69, 9.17) is 8.83 Å². The highest BCUT2D eigenvalue weighted by molar-refractivity contribution is 5.90. The van der Waals surface area contributed by atoms with Crippen molar-refractivity contribution in [2.45, 2.75) is 19.8 Å². The van der Waals surface area contributed by atoms with Crippen LogP contribution >= 0.6 is 0 Å². The van der Waals surface area contributed by atoms with E-state index in [2.05, 4.69) is 25.5 Å². The third-order valence-corrected chi connectivity index (χ3v) is 4.02. The average Bonchev–Trinajstić information content (AvgIpc) is 3.40. The minimum absolute atomic E-state index is 0.0118. The Morgan fingerprint density at radius 2 is 2.04 bits per heavy atom. The standard InChI is InChI=1S/C19H16FN5O3/c1-11-14(21-18(28-11)15-3-2-8-27-15)10-17(26)23-19-22-16(24-25-19)9-12-4-6-13(20)7-5-12/h2-8H,9-10H2,1H3,(H2,22,23,24,25,26). The molecule has 0 unspecified atom stereocenters. The van der Waals surface area contributed by atoms with Crippen molar-refractivity contribution >= 4 is 11.9 Å². The number of benzene rings is 1. The molecule has 0 atom stereocenters. The number of amides is 1. The lowest BCUT2D eigenvalue weighted by molar-refractivity contribution is -0.115. The molecular formula is C19H16FN5O3. The Morgan fingerprint density at radius 1 is 1.21 bits per heavy atom. The molecule has 3 heterocycles. The third-order valence-electron chi connectivity index (χ3n) is 4.02. The van der Waals surface area contributed by atoms with Gasteiger partial charge in [0.05, 0.1) is 18.4 Å². The number of aromatic amines is 1. The van der Waals surface area contributed by atoms with E-state index < -0.39 is 0 Å². The summed E-state index contributed by atoms with van der Waals surface area (Å²) in [5.41, 5.74) is 1.38. The molecule has 0 spiro atoms. The van der Waals surface area contributed by atoms with E-state index in [1.54, 1.807) is 31.2 Å². The van der Waals surface area contributed by atoms with Gasteiger partial charge in [-0.2, -0.15) is 4.98 Å². The third kappa shape index (κ3) is 3.98. The number of halogens is 1. The predicted molar refractivity (Wildman–Crippen MR) is 96.9 cm³/mol. The van der Waals surface area contributed by atoms with Gasteiger partial charge in [0.1, 0.15) is 17.4 Å². The summed E-state index contributed by atoms with van der Waals surface area (Å²) in [6.45, 7) is 1.73. The minimum Gasteiger partial charge on any atom is -0.459 e. The van der Waals surface area contributed by atoms with Gasteiger partial charge >= 0.3 is 0 Å². The van der Waals surface area contributed by atoms with Crippen molar-refractivity contribution < 1.29 is 18.0 Å². The summed E-state index contributed by atoms with van der Waals surface area (Å²) in [7, 11) is 0. The fourth-order valence-corrected chi connectivity index (χ4v) is 2.64. The number of carbonyl (C=O) groups is 1. The van der Waals surface area contributed by atoms with E-state index in [1.165, 1.54) is 18.4 Å². The Balaban J connectivity index is 1.38. The topological polar surface area (TPSA) is 110 Å². The van der Waals surface area contributed by atoms with Gasteiger partial charge in [-0.05, 0) is 36.8 Å². The monoisotopic (exact) mass is 381 g/mol. The summed E-state index contributed by atoms with van der Waals surface area (Å²) >= 11 is 0. The molecule has 142 valence electrons. The molecule has 0 aliphatic heterocycles. The molecule has 9 heteroatoms. The van der Waals surface area contributed by atoms with E-state index in [-0.39, 0.29) is 24.1 Å². The van der Waals surface area contributed by atoms with Crippen molar-refractivity contribution in [3.63, 3.8) is 0 Å². The van der Waals surface area contributed by atoms with Gasteiger partial charge in [0.25, 0.3) is 5.89 Å². The zero-order chi connectivity index (χ0) is 19.5. The summed E-state index contributed by atoms with van der Waals surface area (Å²) in [5.74, 6) is 1.45. The molecular weight excluding hydrogens is 365 g/mol. The van der Waals surface area contributed by atoms with Crippen LogP contribution in [0.25, 0.3) is 11.7 Å². The van der Waals surface area contributed by atoms with Crippen molar-refractivity contribution in [3.05, 3.63) is 71.3 Å². The van der Waals surface area contributed by atoms with Crippen LogP contribution < -0.4 is 5.32 Å². The second-order valence-electron chi connectivity index (χ2n) is 6.13. The molecule has 3 aromatic heterocycles. The molecule has 28 heavy (non-hydrogen) atoms. The number of H-pyrrole nitrogens is 1. The van der Waals surface area contributed by atoms with Crippen LogP contribution in [0, 0.1) is 12.7 Å². The van der Waals surface area contributed by atoms with Crippen LogP contribution in [0.4, 0.5) is 10.3 Å². The lowest BCUT2D eigenvalue weighted by atomic mass is 10.1. The summed E-state index contributed by atoms with van der Waals surface area (Å²) in [5, 5.41) is 9.35.